The third-order valence-electron chi connectivity index (χ3n) is 6.41. The molecule has 2 aliphatic rings. The van der Waals surface area contributed by atoms with Crippen molar-refractivity contribution >= 4 is 28.8 Å². The molecule has 0 amide bonds. The minimum absolute atomic E-state index is 0.0575. The van der Waals surface area contributed by atoms with Crippen LogP contribution in [0.4, 0.5) is 37.6 Å². The van der Waals surface area contributed by atoms with Crippen molar-refractivity contribution in [2.45, 2.75) is 26.6 Å². The molecule has 0 unspecified atom stereocenters. The van der Waals surface area contributed by atoms with Crippen molar-refractivity contribution in [3.63, 3.8) is 0 Å². The van der Waals surface area contributed by atoms with Gasteiger partial charge >= 0.3 is 6.61 Å². The van der Waals surface area contributed by atoms with Gasteiger partial charge in [0.25, 0.3) is 0 Å². The molecule has 8 nitrogen and oxygen atoms in total. The Balaban J connectivity index is 1.39. The molecule has 3 N–H and O–H groups in total. The van der Waals surface area contributed by atoms with Crippen LogP contribution in [0, 0.1) is 6.92 Å². The summed E-state index contributed by atoms with van der Waals surface area (Å²) in [6.07, 6.45) is 1.70. The molecular weight excluding hydrogens is 452 g/mol. The zero-order valence-corrected chi connectivity index (χ0v) is 19.8. The van der Waals surface area contributed by atoms with E-state index in [0.29, 0.717) is 11.5 Å². The molecule has 0 saturated carbocycles. The maximum Gasteiger partial charge on any atom is 0.387 e. The number of nitrogens with zero attached hydrogens (tertiary/aromatic N) is 4. The average molecular weight is 482 g/mol. The van der Waals surface area contributed by atoms with Crippen LogP contribution in [0.15, 0.2) is 42.6 Å². The van der Waals surface area contributed by atoms with Crippen LogP contribution in [-0.2, 0) is 13.1 Å². The van der Waals surface area contributed by atoms with E-state index in [1.807, 2.05) is 25.1 Å². The first-order valence-electron chi connectivity index (χ1n) is 11.7. The summed E-state index contributed by atoms with van der Waals surface area (Å²) in [6.45, 7) is 4.10. The number of halogens is 2. The Hall–Kier alpha value is -3.50. The zero-order valence-electron chi connectivity index (χ0n) is 19.8. The molecule has 2 aromatic carbocycles. The third kappa shape index (κ3) is 5.28. The van der Waals surface area contributed by atoms with Gasteiger partial charge in [-0.25, -0.2) is 4.98 Å². The van der Waals surface area contributed by atoms with Gasteiger partial charge in [0.2, 0.25) is 5.95 Å². The minimum atomic E-state index is -2.94. The molecule has 0 atom stereocenters. The summed E-state index contributed by atoms with van der Waals surface area (Å²) in [4.78, 5) is 13.4. The zero-order chi connectivity index (χ0) is 24.4. The predicted octanol–water partition coefficient (Wildman–Crippen LogP) is 4.23. The van der Waals surface area contributed by atoms with E-state index in [1.54, 1.807) is 18.3 Å². The van der Waals surface area contributed by atoms with E-state index in [4.69, 9.17) is 4.74 Å². The molecule has 2 aliphatic heterocycles. The Morgan fingerprint density at radius 3 is 2.66 bits per heavy atom. The molecule has 5 rings (SSSR count). The number of alkyl halides is 2. The van der Waals surface area contributed by atoms with Crippen LogP contribution in [0.2, 0.25) is 0 Å². The fourth-order valence-electron chi connectivity index (χ4n) is 4.39. The van der Waals surface area contributed by atoms with Crippen molar-refractivity contribution in [3.8, 4) is 5.75 Å². The van der Waals surface area contributed by atoms with Crippen molar-refractivity contribution in [1.29, 1.82) is 0 Å². The maximum absolute atomic E-state index is 13.2. The van der Waals surface area contributed by atoms with Gasteiger partial charge in [-0.1, -0.05) is 12.1 Å². The fraction of sp³-hybridized carbons (Fsp3) is 0.360. The van der Waals surface area contributed by atoms with Gasteiger partial charge in [-0.3, -0.25) is 0 Å². The lowest BCUT2D eigenvalue weighted by molar-refractivity contribution is -0.0493. The van der Waals surface area contributed by atoms with Gasteiger partial charge in [0.1, 0.15) is 5.82 Å². The molecule has 0 bridgehead atoms. The van der Waals surface area contributed by atoms with Crippen molar-refractivity contribution in [2.24, 2.45) is 0 Å². The largest absolute Gasteiger partial charge is 0.433 e. The molecule has 1 aromatic heterocycles. The Labute approximate surface area is 203 Å². The van der Waals surface area contributed by atoms with Gasteiger partial charge in [0.15, 0.2) is 5.75 Å². The van der Waals surface area contributed by atoms with Gasteiger partial charge in [-0.15, -0.1) is 0 Å². The van der Waals surface area contributed by atoms with Crippen LogP contribution in [-0.4, -0.2) is 54.7 Å². The van der Waals surface area contributed by atoms with Gasteiger partial charge in [-0.2, -0.15) is 13.8 Å². The molecule has 1 fully saturated rings. The SMILES string of the molecule is Cc1cnc(Nc2ccc(N3CCN(C)CC3)cc2OC(F)F)nc1Nc1cccc2c1CNC2. The Morgan fingerprint density at radius 1 is 1.03 bits per heavy atom. The quantitative estimate of drug-likeness (QED) is 0.463. The van der Waals surface area contributed by atoms with E-state index in [2.05, 4.69) is 48.8 Å². The molecule has 1 saturated heterocycles. The molecule has 0 spiro atoms. The number of rotatable bonds is 7. The summed E-state index contributed by atoms with van der Waals surface area (Å²) >= 11 is 0. The standard InChI is InChI=1S/C25H29F2N7O/c1-16-13-29-25(32-23(16)30-20-5-3-4-17-14-28-15-19(17)20)31-21-7-6-18(12-22(21)35-24(26)27)34-10-8-33(2)9-11-34/h3-7,12-13,24,28H,8-11,14-15H2,1-2H3,(H2,29,30,31,32). The lowest BCUT2D eigenvalue weighted by atomic mass is 10.1. The van der Waals surface area contributed by atoms with E-state index < -0.39 is 6.61 Å². The highest BCUT2D eigenvalue weighted by Crippen LogP contribution is 2.34. The molecule has 0 radical (unpaired) electrons. The van der Waals surface area contributed by atoms with Crippen molar-refractivity contribution < 1.29 is 13.5 Å². The van der Waals surface area contributed by atoms with Crippen LogP contribution in [0.3, 0.4) is 0 Å². The monoisotopic (exact) mass is 481 g/mol. The summed E-state index contributed by atoms with van der Waals surface area (Å²) < 4.78 is 31.3. The van der Waals surface area contributed by atoms with Gasteiger partial charge in [0, 0.05) is 68.5 Å². The van der Waals surface area contributed by atoms with E-state index in [9.17, 15) is 8.78 Å². The van der Waals surface area contributed by atoms with Crippen LogP contribution in [0.5, 0.6) is 5.75 Å². The van der Waals surface area contributed by atoms with Gasteiger partial charge in [-0.05, 0) is 43.3 Å². The van der Waals surface area contributed by atoms with E-state index in [1.165, 1.54) is 11.1 Å². The fourth-order valence-corrected chi connectivity index (χ4v) is 4.39. The first kappa shape index (κ1) is 23.3. The van der Waals surface area contributed by atoms with Crippen molar-refractivity contribution in [1.82, 2.24) is 20.2 Å². The number of hydrogen-bond donors (Lipinski definition) is 3. The number of aromatic nitrogens is 2. The summed E-state index contributed by atoms with van der Waals surface area (Å²) in [5.74, 6) is 0.991. The van der Waals surface area contributed by atoms with Gasteiger partial charge < -0.3 is 30.5 Å². The smallest absolute Gasteiger partial charge is 0.387 e. The molecule has 10 heteroatoms. The number of nitrogens with one attached hydrogen (secondary N) is 3. The Bertz CT molecular complexity index is 1200. The first-order valence-corrected chi connectivity index (χ1v) is 11.7. The lowest BCUT2D eigenvalue weighted by Gasteiger charge is -2.34. The second kappa shape index (κ2) is 10.0. The molecule has 35 heavy (non-hydrogen) atoms. The Morgan fingerprint density at radius 2 is 1.86 bits per heavy atom. The average Bonchev–Trinajstić information content (AvgIpc) is 3.32. The highest BCUT2D eigenvalue weighted by Gasteiger charge is 2.19. The summed E-state index contributed by atoms with van der Waals surface area (Å²) in [7, 11) is 2.07. The highest BCUT2D eigenvalue weighted by molar-refractivity contribution is 5.70. The summed E-state index contributed by atoms with van der Waals surface area (Å²) in [5.41, 5.74) is 5.55. The second-order valence-electron chi connectivity index (χ2n) is 8.87. The lowest BCUT2D eigenvalue weighted by Crippen LogP contribution is -2.44. The van der Waals surface area contributed by atoms with Crippen LogP contribution in [0.25, 0.3) is 0 Å². The number of ether oxygens (including phenoxy) is 1. The first-order chi connectivity index (χ1) is 17.0. The van der Waals surface area contributed by atoms with Crippen molar-refractivity contribution in [2.75, 3.05) is 48.8 Å². The number of fused-ring (bicyclic) bond motifs is 1. The second-order valence-corrected chi connectivity index (χ2v) is 8.87. The number of hydrogen-bond acceptors (Lipinski definition) is 8. The molecule has 0 aliphatic carbocycles. The van der Waals surface area contributed by atoms with E-state index >= 15 is 0 Å². The molecular formula is C25H29F2N7O. The number of likely N-dealkylation sites (N-methyl/N-ethyl adjacent to an activating group) is 1. The molecule has 3 aromatic rings. The minimum Gasteiger partial charge on any atom is -0.433 e. The predicted molar refractivity (Wildman–Crippen MR) is 133 cm³/mol. The molecule has 184 valence electrons. The number of benzene rings is 2. The molecule has 3 heterocycles. The van der Waals surface area contributed by atoms with Crippen LogP contribution < -0.4 is 25.6 Å². The third-order valence-corrected chi connectivity index (χ3v) is 6.41. The number of piperazine rings is 1. The van der Waals surface area contributed by atoms with E-state index in [0.717, 1.165) is 56.2 Å². The van der Waals surface area contributed by atoms with Crippen LogP contribution >= 0.6 is 0 Å². The normalized spacial score (nSPS) is 15.9. The maximum atomic E-state index is 13.2. The topological polar surface area (TPSA) is 77.6 Å². The summed E-state index contributed by atoms with van der Waals surface area (Å²) in [6, 6.07) is 11.4. The van der Waals surface area contributed by atoms with Crippen molar-refractivity contribution in [3.05, 3.63) is 59.3 Å². The summed E-state index contributed by atoms with van der Waals surface area (Å²) in [5, 5.41) is 9.83. The van der Waals surface area contributed by atoms with Gasteiger partial charge in [0.05, 0.1) is 5.69 Å². The van der Waals surface area contributed by atoms with Crippen LogP contribution in [0.1, 0.15) is 16.7 Å². The number of anilines is 5. The Kier molecular flexibility index (Phi) is 6.65. The highest BCUT2D eigenvalue weighted by atomic mass is 19.3. The number of aryl methyl sites for hydroxylation is 1. The van der Waals surface area contributed by atoms with E-state index in [-0.39, 0.29) is 11.7 Å².